The van der Waals surface area contributed by atoms with Gasteiger partial charge in [-0.3, -0.25) is 9.59 Å². The van der Waals surface area contributed by atoms with E-state index in [1.165, 1.54) is 6.20 Å². The molecule has 7 nitrogen and oxygen atoms in total. The van der Waals surface area contributed by atoms with Crippen molar-refractivity contribution < 1.29 is 22.8 Å². The molecule has 1 unspecified atom stereocenters. The van der Waals surface area contributed by atoms with Crippen LogP contribution in [0.3, 0.4) is 0 Å². The van der Waals surface area contributed by atoms with Crippen molar-refractivity contribution in [3.63, 3.8) is 0 Å². The highest BCUT2D eigenvalue weighted by molar-refractivity contribution is 5.84. The molecule has 3 atom stereocenters. The number of pyridine rings is 1. The molecule has 1 saturated carbocycles. The molecule has 39 heavy (non-hydrogen) atoms. The van der Waals surface area contributed by atoms with Gasteiger partial charge < -0.3 is 20.0 Å². The Bertz CT molecular complexity index is 1090. The quantitative estimate of drug-likeness (QED) is 0.547. The van der Waals surface area contributed by atoms with Crippen LogP contribution in [0.4, 0.5) is 19.0 Å². The van der Waals surface area contributed by atoms with Gasteiger partial charge in [-0.25, -0.2) is 4.98 Å². The summed E-state index contributed by atoms with van der Waals surface area (Å²) in [4.78, 5) is 36.1. The van der Waals surface area contributed by atoms with Crippen LogP contribution in [0, 0.1) is 23.2 Å². The van der Waals surface area contributed by atoms with Gasteiger partial charge in [0, 0.05) is 57.4 Å². The fourth-order valence-corrected chi connectivity index (χ4v) is 6.28. The number of hydrogen-bond donors (Lipinski definition) is 1. The summed E-state index contributed by atoms with van der Waals surface area (Å²) in [5.74, 6) is 6.62. The maximum absolute atomic E-state index is 13.9. The molecule has 0 radical (unpaired) electrons. The molecule has 0 spiro atoms. The molecule has 1 aromatic heterocycles. The summed E-state index contributed by atoms with van der Waals surface area (Å²) in [6, 6.07) is 2.51. The van der Waals surface area contributed by atoms with Crippen molar-refractivity contribution in [2.45, 2.75) is 77.6 Å². The Hall–Kier alpha value is -2.80. The van der Waals surface area contributed by atoms with E-state index in [1.54, 1.807) is 6.92 Å². The van der Waals surface area contributed by atoms with Crippen LogP contribution < -0.4 is 10.2 Å². The second-order valence-corrected chi connectivity index (χ2v) is 11.4. The fourth-order valence-electron chi connectivity index (χ4n) is 6.28. The highest BCUT2D eigenvalue weighted by Crippen LogP contribution is 2.46. The summed E-state index contributed by atoms with van der Waals surface area (Å²) in [6.07, 6.45) is 1.43. The number of piperazine rings is 1. The predicted octanol–water partition coefficient (Wildman–Crippen LogP) is 3.94. The number of hydrogen-bond acceptors (Lipinski definition) is 5. The minimum Gasteiger partial charge on any atom is -0.353 e. The number of alkyl halides is 3. The van der Waals surface area contributed by atoms with Gasteiger partial charge in [0.25, 0.3) is 0 Å². The Morgan fingerprint density at radius 3 is 2.56 bits per heavy atom. The van der Waals surface area contributed by atoms with Crippen molar-refractivity contribution in [1.82, 2.24) is 20.1 Å². The number of amides is 2. The van der Waals surface area contributed by atoms with Gasteiger partial charge in [0.1, 0.15) is 5.82 Å². The average molecular weight is 548 g/mol. The SMILES string of the molecule is CC#CCN1CCC(N[C@@H]2CC[C@@](C(=O)N3CCN(c4cc(C(F)(F)F)ccn4)CC3)(C(C)C)C2)CCC1=O. The minimum absolute atomic E-state index is 0.152. The molecule has 1 aliphatic carbocycles. The predicted molar refractivity (Wildman–Crippen MR) is 144 cm³/mol. The molecule has 4 rings (SSSR count). The third kappa shape index (κ3) is 6.68. The lowest BCUT2D eigenvalue weighted by Crippen LogP contribution is -2.54. The summed E-state index contributed by atoms with van der Waals surface area (Å²) in [6.45, 7) is 9.00. The van der Waals surface area contributed by atoms with Crippen molar-refractivity contribution in [1.29, 1.82) is 0 Å². The second-order valence-electron chi connectivity index (χ2n) is 11.4. The molecule has 3 aliphatic rings. The Kier molecular flexibility index (Phi) is 9.10. The van der Waals surface area contributed by atoms with E-state index in [-0.39, 0.29) is 29.8 Å². The van der Waals surface area contributed by atoms with Crippen LogP contribution in [-0.4, -0.2) is 78.0 Å². The number of halogens is 3. The molecule has 3 heterocycles. The lowest BCUT2D eigenvalue weighted by Gasteiger charge is -2.42. The van der Waals surface area contributed by atoms with Crippen LogP contribution >= 0.6 is 0 Å². The van der Waals surface area contributed by atoms with Gasteiger partial charge >= 0.3 is 6.18 Å². The Balaban J connectivity index is 1.35. The molecule has 0 bridgehead atoms. The molecule has 1 N–H and O–H groups in total. The van der Waals surface area contributed by atoms with Gasteiger partial charge in [0.05, 0.1) is 17.5 Å². The van der Waals surface area contributed by atoms with E-state index in [0.29, 0.717) is 51.5 Å². The second kappa shape index (κ2) is 12.2. The molecule has 2 amide bonds. The van der Waals surface area contributed by atoms with Crippen LogP contribution in [0.2, 0.25) is 0 Å². The van der Waals surface area contributed by atoms with Gasteiger partial charge in [-0.2, -0.15) is 13.2 Å². The molecule has 3 fully saturated rings. The van der Waals surface area contributed by atoms with Crippen LogP contribution in [0.5, 0.6) is 0 Å². The lowest BCUT2D eigenvalue weighted by molar-refractivity contribution is -0.145. The molecule has 0 aromatic carbocycles. The van der Waals surface area contributed by atoms with E-state index in [1.807, 2.05) is 14.7 Å². The number of nitrogens with zero attached hydrogens (tertiary/aromatic N) is 4. The standard InChI is InChI=1S/C29H40F3N5O2/c1-4-5-13-36-14-10-23(6-7-26(36)38)34-24-8-11-28(20-24,21(2)3)27(39)37-17-15-35(16-18-37)25-19-22(9-12-33-25)29(30,31)32/h9,12,19,21,23-24,34H,6-8,10-11,13-18,20H2,1-3H3/t23?,24-,28+/m1/s1. The number of carbonyl (C=O) groups is 2. The van der Waals surface area contributed by atoms with E-state index in [0.717, 1.165) is 44.2 Å². The minimum atomic E-state index is -4.42. The van der Waals surface area contributed by atoms with E-state index >= 15 is 0 Å². The van der Waals surface area contributed by atoms with E-state index in [4.69, 9.17) is 0 Å². The highest BCUT2D eigenvalue weighted by Gasteiger charge is 2.49. The monoisotopic (exact) mass is 547 g/mol. The van der Waals surface area contributed by atoms with Gasteiger partial charge in [-0.1, -0.05) is 19.8 Å². The van der Waals surface area contributed by atoms with Gasteiger partial charge in [0.15, 0.2) is 0 Å². The number of carbonyl (C=O) groups excluding carboxylic acids is 2. The lowest BCUT2D eigenvalue weighted by atomic mass is 9.74. The third-order valence-electron chi connectivity index (χ3n) is 8.77. The Labute approximate surface area is 229 Å². The topological polar surface area (TPSA) is 68.8 Å². The van der Waals surface area contributed by atoms with Crippen molar-refractivity contribution in [2.75, 3.05) is 44.2 Å². The van der Waals surface area contributed by atoms with E-state index in [9.17, 15) is 22.8 Å². The maximum Gasteiger partial charge on any atom is 0.416 e. The summed E-state index contributed by atoms with van der Waals surface area (Å²) in [5, 5.41) is 3.77. The number of anilines is 1. The molecule has 1 aromatic rings. The zero-order valence-electron chi connectivity index (χ0n) is 23.2. The molecule has 2 saturated heterocycles. The maximum atomic E-state index is 13.9. The Morgan fingerprint density at radius 1 is 1.15 bits per heavy atom. The smallest absolute Gasteiger partial charge is 0.353 e. The van der Waals surface area contributed by atoms with Gasteiger partial charge in [-0.15, -0.1) is 5.92 Å². The fraction of sp³-hybridized carbons (Fsp3) is 0.690. The first-order chi connectivity index (χ1) is 18.5. The van der Waals surface area contributed by atoms with E-state index in [2.05, 4.69) is 36.0 Å². The van der Waals surface area contributed by atoms with E-state index < -0.39 is 17.2 Å². The highest BCUT2D eigenvalue weighted by atomic mass is 19.4. The largest absolute Gasteiger partial charge is 0.416 e. The Morgan fingerprint density at radius 2 is 1.90 bits per heavy atom. The van der Waals surface area contributed by atoms with Crippen molar-refractivity contribution in [2.24, 2.45) is 11.3 Å². The van der Waals surface area contributed by atoms with Crippen LogP contribution in [0.15, 0.2) is 18.3 Å². The summed E-state index contributed by atoms with van der Waals surface area (Å²) >= 11 is 0. The number of aromatic nitrogens is 1. The van der Waals surface area contributed by atoms with Gasteiger partial charge in [-0.05, 0) is 57.1 Å². The van der Waals surface area contributed by atoms with Crippen molar-refractivity contribution in [3.05, 3.63) is 23.9 Å². The number of rotatable bonds is 6. The summed E-state index contributed by atoms with van der Waals surface area (Å²) in [7, 11) is 0. The van der Waals surface area contributed by atoms with Crippen molar-refractivity contribution >= 4 is 17.6 Å². The zero-order valence-corrected chi connectivity index (χ0v) is 23.2. The zero-order chi connectivity index (χ0) is 28.2. The molecule has 214 valence electrons. The van der Waals surface area contributed by atoms with Crippen LogP contribution in [0.1, 0.15) is 64.9 Å². The molecular weight excluding hydrogens is 507 g/mol. The first-order valence-corrected chi connectivity index (χ1v) is 14.0. The third-order valence-corrected chi connectivity index (χ3v) is 8.77. The first-order valence-electron chi connectivity index (χ1n) is 14.0. The molecule has 10 heteroatoms. The number of likely N-dealkylation sites (tertiary alicyclic amines) is 1. The first kappa shape index (κ1) is 29.2. The summed E-state index contributed by atoms with van der Waals surface area (Å²) < 4.78 is 39.4. The van der Waals surface area contributed by atoms with Crippen LogP contribution in [-0.2, 0) is 15.8 Å². The van der Waals surface area contributed by atoms with Crippen molar-refractivity contribution in [3.8, 4) is 11.8 Å². The normalized spacial score (nSPS) is 26.4. The van der Waals surface area contributed by atoms with Gasteiger partial charge in [0.2, 0.25) is 11.8 Å². The summed E-state index contributed by atoms with van der Waals surface area (Å²) in [5.41, 5.74) is -1.17. The van der Waals surface area contributed by atoms with Crippen LogP contribution in [0.25, 0.3) is 0 Å². The molecular formula is C29H40F3N5O2. The average Bonchev–Trinajstić information content (AvgIpc) is 3.27. The number of nitrogens with one attached hydrogen (secondary N) is 1. The molecule has 2 aliphatic heterocycles.